The number of nitrogens with one attached hydrogen (secondary N) is 2. The molecule has 0 aliphatic rings. The summed E-state index contributed by atoms with van der Waals surface area (Å²) in [6, 6.07) is 7.10. The molecular weight excluding hydrogens is 276 g/mol. The van der Waals surface area contributed by atoms with Gasteiger partial charge in [-0.15, -0.1) is 0 Å². The number of hydrogen-bond donors (Lipinski definition) is 2. The fourth-order valence-electron chi connectivity index (χ4n) is 1.65. The van der Waals surface area contributed by atoms with Gasteiger partial charge in [-0.05, 0) is 30.7 Å². The maximum Gasteiger partial charge on any atom is 0.271 e. The van der Waals surface area contributed by atoms with Crippen molar-refractivity contribution in [3.8, 4) is 0 Å². The molecule has 0 fully saturated rings. The number of amides is 1. The molecule has 0 atom stereocenters. The number of nitrogens with zero attached hydrogens (tertiary/aromatic N) is 2. The molecule has 2 aromatic heterocycles. The first-order valence-electron chi connectivity index (χ1n) is 6.28. The first-order valence-corrected chi connectivity index (χ1v) is 6.66. The Balaban J connectivity index is 2.06. The molecule has 1 amide bonds. The molecule has 2 N–H and O–H groups in total. The molecule has 20 heavy (non-hydrogen) atoms. The second-order valence-corrected chi connectivity index (χ2v) is 4.51. The molecule has 0 aliphatic carbocycles. The summed E-state index contributed by atoms with van der Waals surface area (Å²) in [6.07, 6.45) is 3.38. The zero-order valence-electron chi connectivity index (χ0n) is 11.1. The molecule has 0 bridgehead atoms. The Hall–Kier alpha value is -2.14. The highest BCUT2D eigenvalue weighted by molar-refractivity contribution is 6.33. The Morgan fingerprint density at radius 1 is 1.35 bits per heavy atom. The molecule has 2 rings (SSSR count). The van der Waals surface area contributed by atoms with Crippen LogP contribution in [0.5, 0.6) is 0 Å². The minimum Gasteiger partial charge on any atom is -0.370 e. The predicted octanol–water partition coefficient (Wildman–Crippen LogP) is 2.49. The van der Waals surface area contributed by atoms with Crippen LogP contribution in [0.1, 0.15) is 23.0 Å². The topological polar surface area (TPSA) is 66.9 Å². The molecule has 0 spiro atoms. The van der Waals surface area contributed by atoms with Crippen LogP contribution >= 0.6 is 11.6 Å². The van der Waals surface area contributed by atoms with Crippen molar-refractivity contribution in [1.82, 2.24) is 15.3 Å². The maximum absolute atomic E-state index is 12.1. The first kappa shape index (κ1) is 14.3. The number of aromatic nitrogens is 2. The van der Waals surface area contributed by atoms with Gasteiger partial charge < -0.3 is 10.6 Å². The third-order valence-electron chi connectivity index (χ3n) is 2.59. The normalized spacial score (nSPS) is 10.1. The standard InChI is InChI=1S/C14H15ClN4O/c1-2-17-12-6-5-11(15)13(19-12)14(20)18-9-10-4-3-7-16-8-10/h3-8H,2,9H2,1H3,(H,17,19)(H,18,20). The fraction of sp³-hybridized carbons (Fsp3) is 0.214. The summed E-state index contributed by atoms with van der Waals surface area (Å²) < 4.78 is 0. The molecular formula is C14H15ClN4O. The highest BCUT2D eigenvalue weighted by Crippen LogP contribution is 2.16. The zero-order chi connectivity index (χ0) is 14.4. The minimum atomic E-state index is -0.307. The van der Waals surface area contributed by atoms with Crippen molar-refractivity contribution < 1.29 is 4.79 Å². The largest absolute Gasteiger partial charge is 0.370 e. The van der Waals surface area contributed by atoms with Gasteiger partial charge in [-0.2, -0.15) is 0 Å². The van der Waals surface area contributed by atoms with E-state index in [-0.39, 0.29) is 11.6 Å². The lowest BCUT2D eigenvalue weighted by molar-refractivity contribution is 0.0946. The second-order valence-electron chi connectivity index (χ2n) is 4.10. The number of carbonyl (C=O) groups excluding carboxylic acids is 1. The van der Waals surface area contributed by atoms with E-state index in [4.69, 9.17) is 11.6 Å². The Kier molecular flexibility index (Phi) is 4.90. The van der Waals surface area contributed by atoms with Gasteiger partial charge in [-0.3, -0.25) is 9.78 Å². The third kappa shape index (κ3) is 3.68. The summed E-state index contributed by atoms with van der Waals surface area (Å²) in [4.78, 5) is 20.3. The van der Waals surface area contributed by atoms with Crippen molar-refractivity contribution in [2.75, 3.05) is 11.9 Å². The van der Waals surface area contributed by atoms with Crippen molar-refractivity contribution >= 4 is 23.3 Å². The Labute approximate surface area is 122 Å². The molecule has 0 unspecified atom stereocenters. The van der Waals surface area contributed by atoms with Crippen LogP contribution in [0, 0.1) is 0 Å². The van der Waals surface area contributed by atoms with Crippen molar-refractivity contribution in [3.63, 3.8) is 0 Å². The highest BCUT2D eigenvalue weighted by Gasteiger charge is 2.12. The van der Waals surface area contributed by atoms with Gasteiger partial charge in [-0.1, -0.05) is 17.7 Å². The van der Waals surface area contributed by atoms with Crippen molar-refractivity contribution in [1.29, 1.82) is 0 Å². The number of halogens is 1. The van der Waals surface area contributed by atoms with Crippen LogP contribution in [0.4, 0.5) is 5.82 Å². The number of pyridine rings is 2. The Morgan fingerprint density at radius 2 is 2.20 bits per heavy atom. The van der Waals surface area contributed by atoms with Crippen LogP contribution in [0.2, 0.25) is 5.02 Å². The lowest BCUT2D eigenvalue weighted by Crippen LogP contribution is -2.24. The summed E-state index contributed by atoms with van der Waals surface area (Å²) in [5.74, 6) is 0.321. The van der Waals surface area contributed by atoms with E-state index >= 15 is 0 Å². The van der Waals surface area contributed by atoms with Gasteiger partial charge in [0.05, 0.1) is 5.02 Å². The number of rotatable bonds is 5. The molecule has 2 heterocycles. The van der Waals surface area contributed by atoms with Crippen LogP contribution in [-0.2, 0) is 6.54 Å². The predicted molar refractivity (Wildman–Crippen MR) is 78.8 cm³/mol. The van der Waals surface area contributed by atoms with E-state index < -0.39 is 0 Å². The Morgan fingerprint density at radius 3 is 2.90 bits per heavy atom. The maximum atomic E-state index is 12.1. The average molecular weight is 291 g/mol. The molecule has 104 valence electrons. The Bertz CT molecular complexity index is 589. The van der Waals surface area contributed by atoms with Gasteiger partial charge in [0.15, 0.2) is 0 Å². The molecule has 0 aliphatic heterocycles. The van der Waals surface area contributed by atoms with E-state index in [1.54, 1.807) is 24.5 Å². The quantitative estimate of drug-likeness (QED) is 0.888. The van der Waals surface area contributed by atoms with E-state index in [1.165, 1.54) is 0 Å². The van der Waals surface area contributed by atoms with Crippen molar-refractivity contribution in [2.45, 2.75) is 13.5 Å². The number of hydrogen-bond acceptors (Lipinski definition) is 4. The molecule has 6 heteroatoms. The summed E-state index contributed by atoms with van der Waals surface area (Å²) >= 11 is 6.01. The fourth-order valence-corrected chi connectivity index (χ4v) is 1.84. The van der Waals surface area contributed by atoms with Crippen LogP contribution < -0.4 is 10.6 Å². The molecule has 0 aromatic carbocycles. The molecule has 2 aromatic rings. The van der Waals surface area contributed by atoms with E-state index in [2.05, 4.69) is 20.6 Å². The SMILES string of the molecule is CCNc1ccc(Cl)c(C(=O)NCc2cccnc2)n1. The van der Waals surface area contributed by atoms with Crippen molar-refractivity contribution in [2.24, 2.45) is 0 Å². The van der Waals surface area contributed by atoms with Gasteiger partial charge in [0.2, 0.25) is 0 Å². The highest BCUT2D eigenvalue weighted by atomic mass is 35.5. The van der Waals surface area contributed by atoms with Gasteiger partial charge in [0.25, 0.3) is 5.91 Å². The van der Waals surface area contributed by atoms with E-state index in [0.717, 1.165) is 12.1 Å². The lowest BCUT2D eigenvalue weighted by Gasteiger charge is -2.08. The van der Waals surface area contributed by atoms with Crippen LogP contribution in [0.25, 0.3) is 0 Å². The first-order chi connectivity index (χ1) is 9.70. The van der Waals surface area contributed by atoms with E-state index in [1.807, 2.05) is 19.1 Å². The molecule has 0 radical (unpaired) electrons. The summed E-state index contributed by atoms with van der Waals surface area (Å²) in [5, 5.41) is 6.14. The summed E-state index contributed by atoms with van der Waals surface area (Å²) in [7, 11) is 0. The third-order valence-corrected chi connectivity index (χ3v) is 2.90. The lowest BCUT2D eigenvalue weighted by atomic mass is 10.2. The van der Waals surface area contributed by atoms with E-state index in [9.17, 15) is 4.79 Å². The average Bonchev–Trinajstić information content (AvgIpc) is 2.48. The van der Waals surface area contributed by atoms with Crippen molar-refractivity contribution in [3.05, 3.63) is 52.9 Å². The summed E-state index contributed by atoms with van der Waals surface area (Å²) in [5.41, 5.74) is 1.13. The molecule has 5 nitrogen and oxygen atoms in total. The van der Waals surface area contributed by atoms with Gasteiger partial charge in [-0.25, -0.2) is 4.98 Å². The van der Waals surface area contributed by atoms with Gasteiger partial charge in [0.1, 0.15) is 11.5 Å². The van der Waals surface area contributed by atoms with Crippen LogP contribution in [0.3, 0.4) is 0 Å². The molecule has 0 saturated carbocycles. The number of anilines is 1. The summed E-state index contributed by atoms with van der Waals surface area (Å²) in [6.45, 7) is 3.07. The van der Waals surface area contributed by atoms with Crippen LogP contribution in [0.15, 0.2) is 36.7 Å². The van der Waals surface area contributed by atoms with Gasteiger partial charge in [0, 0.05) is 25.5 Å². The van der Waals surface area contributed by atoms with E-state index in [0.29, 0.717) is 17.4 Å². The smallest absolute Gasteiger partial charge is 0.271 e. The van der Waals surface area contributed by atoms with Gasteiger partial charge >= 0.3 is 0 Å². The monoisotopic (exact) mass is 290 g/mol. The molecule has 0 saturated heterocycles. The zero-order valence-corrected chi connectivity index (χ0v) is 11.8. The van der Waals surface area contributed by atoms with Crippen LogP contribution in [-0.4, -0.2) is 22.4 Å². The second kappa shape index (κ2) is 6.86. The minimum absolute atomic E-state index is 0.217. The number of carbonyl (C=O) groups is 1.